The highest BCUT2D eigenvalue weighted by molar-refractivity contribution is 9.10. The summed E-state index contributed by atoms with van der Waals surface area (Å²) < 4.78 is 6.27. The molecule has 2 aromatic rings. The standard InChI is InChI=1S/C22H18BrNO4/c23-15-5-3-12(4-6-15)22(27)28-17-9-7-16(8-10-17)24-20(25)18-13-1-2-14(11-13)19(18)21(24)26/h3-10,13-14,18-19H,1-2,11H2/t13-,14+,18-,19-/m0/s1. The summed E-state index contributed by atoms with van der Waals surface area (Å²) in [5.74, 6) is 0.229. The van der Waals surface area contributed by atoms with E-state index in [9.17, 15) is 14.4 Å². The second-order valence-electron chi connectivity index (χ2n) is 7.79. The molecular formula is C22H18BrNO4. The molecule has 0 N–H and O–H groups in total. The monoisotopic (exact) mass is 439 g/mol. The smallest absolute Gasteiger partial charge is 0.343 e. The van der Waals surface area contributed by atoms with Gasteiger partial charge in [0.15, 0.2) is 0 Å². The number of rotatable bonds is 3. The zero-order valence-corrected chi connectivity index (χ0v) is 16.6. The summed E-state index contributed by atoms with van der Waals surface area (Å²) >= 11 is 3.33. The molecule has 6 heteroatoms. The van der Waals surface area contributed by atoms with Crippen LogP contribution in [0.2, 0.25) is 0 Å². The number of halogens is 1. The van der Waals surface area contributed by atoms with E-state index in [1.165, 1.54) is 4.90 Å². The number of fused-ring (bicyclic) bond motifs is 5. The maximum absolute atomic E-state index is 12.9. The Morgan fingerprint density at radius 3 is 2.04 bits per heavy atom. The van der Waals surface area contributed by atoms with Crippen LogP contribution in [0, 0.1) is 23.7 Å². The topological polar surface area (TPSA) is 63.7 Å². The average molecular weight is 440 g/mol. The van der Waals surface area contributed by atoms with E-state index in [1.807, 2.05) is 0 Å². The second kappa shape index (κ2) is 6.55. The van der Waals surface area contributed by atoms with Crippen molar-refractivity contribution < 1.29 is 19.1 Å². The maximum Gasteiger partial charge on any atom is 0.343 e. The van der Waals surface area contributed by atoms with Gasteiger partial charge in [-0.1, -0.05) is 15.9 Å². The minimum absolute atomic E-state index is 0.0678. The number of ether oxygens (including phenoxy) is 1. The number of nitrogens with zero attached hydrogens (tertiary/aromatic N) is 1. The fourth-order valence-electron chi connectivity index (χ4n) is 5.08. The van der Waals surface area contributed by atoms with Crippen molar-refractivity contribution >= 4 is 39.4 Å². The fourth-order valence-corrected chi connectivity index (χ4v) is 5.34. The van der Waals surface area contributed by atoms with Crippen LogP contribution in [-0.4, -0.2) is 17.8 Å². The normalized spacial score (nSPS) is 28.0. The molecule has 1 aliphatic heterocycles. The molecular weight excluding hydrogens is 422 g/mol. The van der Waals surface area contributed by atoms with E-state index in [0.29, 0.717) is 28.8 Å². The largest absolute Gasteiger partial charge is 0.423 e. The lowest BCUT2D eigenvalue weighted by atomic mass is 9.81. The van der Waals surface area contributed by atoms with Crippen LogP contribution in [0.1, 0.15) is 29.6 Å². The number of amides is 2. The van der Waals surface area contributed by atoms with E-state index in [1.54, 1.807) is 48.5 Å². The predicted octanol–water partition coefficient (Wildman–Crippen LogP) is 4.20. The van der Waals surface area contributed by atoms with Crippen LogP contribution in [0.25, 0.3) is 0 Å². The molecule has 2 bridgehead atoms. The summed E-state index contributed by atoms with van der Waals surface area (Å²) in [4.78, 5) is 39.3. The Labute approximate surface area is 170 Å². The summed E-state index contributed by atoms with van der Waals surface area (Å²) in [6.45, 7) is 0. The van der Waals surface area contributed by atoms with Crippen LogP contribution in [-0.2, 0) is 9.59 Å². The molecule has 2 aromatic carbocycles. The quantitative estimate of drug-likeness (QED) is 0.408. The summed E-state index contributed by atoms with van der Waals surface area (Å²) in [6.07, 6.45) is 3.14. The molecule has 2 saturated carbocycles. The van der Waals surface area contributed by atoms with Crippen LogP contribution in [0.5, 0.6) is 5.75 Å². The highest BCUT2D eigenvalue weighted by Crippen LogP contribution is 2.56. The molecule has 0 spiro atoms. The molecule has 3 aliphatic rings. The van der Waals surface area contributed by atoms with Crippen molar-refractivity contribution in [1.82, 2.24) is 0 Å². The lowest BCUT2D eigenvalue weighted by Gasteiger charge is -2.19. The van der Waals surface area contributed by atoms with E-state index in [2.05, 4.69) is 15.9 Å². The Morgan fingerprint density at radius 1 is 0.893 bits per heavy atom. The molecule has 2 amide bonds. The molecule has 0 radical (unpaired) electrons. The van der Waals surface area contributed by atoms with Gasteiger partial charge in [-0.3, -0.25) is 14.5 Å². The molecule has 0 aromatic heterocycles. The third-order valence-corrected chi connectivity index (χ3v) is 6.84. The highest BCUT2D eigenvalue weighted by atomic mass is 79.9. The Balaban J connectivity index is 1.33. The molecule has 0 unspecified atom stereocenters. The minimum atomic E-state index is -0.459. The predicted molar refractivity (Wildman–Crippen MR) is 106 cm³/mol. The summed E-state index contributed by atoms with van der Waals surface area (Å²) in [5, 5.41) is 0. The lowest BCUT2D eigenvalue weighted by Crippen LogP contribution is -2.32. The summed E-state index contributed by atoms with van der Waals surface area (Å²) in [5.41, 5.74) is 0.993. The van der Waals surface area contributed by atoms with Crippen LogP contribution in [0.15, 0.2) is 53.0 Å². The number of imide groups is 1. The van der Waals surface area contributed by atoms with Crippen LogP contribution in [0.3, 0.4) is 0 Å². The second-order valence-corrected chi connectivity index (χ2v) is 8.70. The van der Waals surface area contributed by atoms with Gasteiger partial charge in [0.05, 0.1) is 23.1 Å². The highest BCUT2D eigenvalue weighted by Gasteiger charge is 2.61. The van der Waals surface area contributed by atoms with Gasteiger partial charge in [-0.15, -0.1) is 0 Å². The Bertz CT molecular complexity index is 941. The first-order valence-electron chi connectivity index (χ1n) is 9.48. The molecule has 4 atom stereocenters. The van der Waals surface area contributed by atoms with Crippen molar-refractivity contribution in [3.63, 3.8) is 0 Å². The lowest BCUT2D eigenvalue weighted by molar-refractivity contribution is -0.123. The number of anilines is 1. The van der Waals surface area contributed by atoms with Crippen molar-refractivity contribution in [3.8, 4) is 5.75 Å². The van der Waals surface area contributed by atoms with Crippen molar-refractivity contribution in [2.45, 2.75) is 19.3 Å². The first kappa shape index (κ1) is 17.6. The molecule has 28 heavy (non-hydrogen) atoms. The van der Waals surface area contributed by atoms with Gasteiger partial charge in [-0.2, -0.15) is 0 Å². The van der Waals surface area contributed by atoms with E-state index in [0.717, 1.165) is 23.7 Å². The number of carbonyl (C=O) groups excluding carboxylic acids is 3. The van der Waals surface area contributed by atoms with E-state index < -0.39 is 5.97 Å². The molecule has 5 rings (SSSR count). The molecule has 142 valence electrons. The Kier molecular flexibility index (Phi) is 4.12. The number of benzene rings is 2. The van der Waals surface area contributed by atoms with Crippen LogP contribution in [0.4, 0.5) is 5.69 Å². The number of carbonyl (C=O) groups is 3. The van der Waals surface area contributed by atoms with Gasteiger partial charge < -0.3 is 4.74 Å². The van der Waals surface area contributed by atoms with Gasteiger partial charge in [0.25, 0.3) is 0 Å². The van der Waals surface area contributed by atoms with E-state index in [-0.39, 0.29) is 23.7 Å². The first-order chi connectivity index (χ1) is 13.5. The molecule has 2 aliphatic carbocycles. The third kappa shape index (κ3) is 2.70. The number of hydrogen-bond donors (Lipinski definition) is 0. The third-order valence-electron chi connectivity index (χ3n) is 6.31. The molecule has 3 fully saturated rings. The van der Waals surface area contributed by atoms with Crippen LogP contribution >= 0.6 is 15.9 Å². The molecule has 5 nitrogen and oxygen atoms in total. The zero-order chi connectivity index (χ0) is 19.4. The van der Waals surface area contributed by atoms with Gasteiger partial charge in [-0.25, -0.2) is 4.79 Å². The average Bonchev–Trinajstić information content (AvgIpc) is 3.37. The number of esters is 1. The fraction of sp³-hybridized carbons (Fsp3) is 0.318. The van der Waals surface area contributed by atoms with Crippen molar-refractivity contribution in [1.29, 1.82) is 0 Å². The van der Waals surface area contributed by atoms with Crippen LogP contribution < -0.4 is 9.64 Å². The number of hydrogen-bond acceptors (Lipinski definition) is 4. The summed E-state index contributed by atoms with van der Waals surface area (Å²) in [6, 6.07) is 13.5. The van der Waals surface area contributed by atoms with Gasteiger partial charge >= 0.3 is 5.97 Å². The minimum Gasteiger partial charge on any atom is -0.423 e. The van der Waals surface area contributed by atoms with E-state index in [4.69, 9.17) is 4.74 Å². The Morgan fingerprint density at radius 2 is 1.46 bits per heavy atom. The van der Waals surface area contributed by atoms with Gasteiger partial charge in [0, 0.05) is 4.47 Å². The van der Waals surface area contributed by atoms with Crippen molar-refractivity contribution in [2.75, 3.05) is 4.90 Å². The van der Waals surface area contributed by atoms with Gasteiger partial charge in [0.1, 0.15) is 5.75 Å². The van der Waals surface area contributed by atoms with Gasteiger partial charge in [0.2, 0.25) is 11.8 Å². The van der Waals surface area contributed by atoms with E-state index >= 15 is 0 Å². The van der Waals surface area contributed by atoms with Gasteiger partial charge in [-0.05, 0) is 79.6 Å². The zero-order valence-electron chi connectivity index (χ0n) is 15.0. The maximum atomic E-state index is 12.9. The van der Waals surface area contributed by atoms with Crippen molar-refractivity contribution in [3.05, 3.63) is 58.6 Å². The molecule has 1 saturated heterocycles. The first-order valence-corrected chi connectivity index (χ1v) is 10.3. The SMILES string of the molecule is O=C(Oc1ccc(N2C(=O)[C@H]3[C@@H]4CC[C@@H](C4)[C@@H]3C2=O)cc1)c1ccc(Br)cc1. The Hall–Kier alpha value is -2.47. The molecule has 1 heterocycles. The summed E-state index contributed by atoms with van der Waals surface area (Å²) in [7, 11) is 0. The van der Waals surface area contributed by atoms with Crippen molar-refractivity contribution in [2.24, 2.45) is 23.7 Å².